The number of aliphatic carboxylic acids is 1. The van der Waals surface area contributed by atoms with Crippen LogP contribution in [0.4, 0.5) is 0 Å². The summed E-state index contributed by atoms with van der Waals surface area (Å²) >= 11 is 0. The van der Waals surface area contributed by atoms with Crippen molar-refractivity contribution in [2.45, 2.75) is 25.5 Å². The van der Waals surface area contributed by atoms with Crippen LogP contribution in [0, 0.1) is 11.8 Å². The van der Waals surface area contributed by atoms with Gasteiger partial charge in [0.2, 0.25) is 0 Å². The molecule has 4 heteroatoms. The summed E-state index contributed by atoms with van der Waals surface area (Å²) in [6.07, 6.45) is -0.970. The van der Waals surface area contributed by atoms with Crippen LogP contribution in [0.1, 0.15) is 13.3 Å². The molecule has 0 heterocycles. The van der Waals surface area contributed by atoms with Crippen molar-refractivity contribution in [2.75, 3.05) is 0 Å². The Bertz CT molecular complexity index is 192. The van der Waals surface area contributed by atoms with Gasteiger partial charge in [0.1, 0.15) is 12.1 Å². The van der Waals surface area contributed by atoms with Crippen molar-refractivity contribution in [3.63, 3.8) is 0 Å². The minimum absolute atomic E-state index is 0.0316. The highest BCUT2D eigenvalue weighted by Crippen LogP contribution is 1.94. The van der Waals surface area contributed by atoms with Crippen LogP contribution in [0.5, 0.6) is 0 Å². The molecular weight excluding hydrogens is 146 g/mol. The van der Waals surface area contributed by atoms with Crippen LogP contribution in [0.2, 0.25) is 0 Å². The summed E-state index contributed by atoms with van der Waals surface area (Å²) in [5.74, 6) is 3.73. The number of carboxylic acid groups (broad SMARTS) is 1. The molecule has 0 aliphatic rings. The van der Waals surface area contributed by atoms with Gasteiger partial charge in [-0.15, -0.1) is 5.92 Å². The van der Waals surface area contributed by atoms with Crippen molar-refractivity contribution in [2.24, 2.45) is 5.73 Å². The lowest BCUT2D eigenvalue weighted by Crippen LogP contribution is -2.33. The molecule has 4 N–H and O–H groups in total. The Hall–Kier alpha value is -1.05. The predicted molar refractivity (Wildman–Crippen MR) is 39.7 cm³/mol. The number of carbonyl (C=O) groups is 1. The average molecular weight is 157 g/mol. The van der Waals surface area contributed by atoms with Gasteiger partial charge in [0.25, 0.3) is 0 Å². The van der Waals surface area contributed by atoms with Crippen LogP contribution in [-0.4, -0.2) is 28.3 Å². The fourth-order valence-electron chi connectivity index (χ4n) is 0.567. The largest absolute Gasteiger partial charge is 0.480 e. The number of aliphatic hydroxyl groups is 1. The van der Waals surface area contributed by atoms with Crippen molar-refractivity contribution in [3.8, 4) is 11.8 Å². The minimum atomic E-state index is -1.12. The molecule has 0 rings (SSSR count). The van der Waals surface area contributed by atoms with E-state index in [1.165, 1.54) is 0 Å². The fourth-order valence-corrected chi connectivity index (χ4v) is 0.567. The third-order valence-corrected chi connectivity index (χ3v) is 1.11. The Balaban J connectivity index is 3.81. The van der Waals surface area contributed by atoms with Gasteiger partial charge >= 0.3 is 5.97 Å². The molecule has 4 nitrogen and oxygen atoms in total. The summed E-state index contributed by atoms with van der Waals surface area (Å²) in [6, 6.07) is -1.04. The molecule has 0 bridgehead atoms. The highest BCUT2D eigenvalue weighted by molar-refractivity contribution is 5.73. The minimum Gasteiger partial charge on any atom is -0.480 e. The lowest BCUT2D eigenvalue weighted by molar-refractivity contribution is -0.139. The summed E-state index contributed by atoms with van der Waals surface area (Å²) < 4.78 is 0. The molecule has 62 valence electrons. The summed E-state index contributed by atoms with van der Waals surface area (Å²) in [7, 11) is 0. The maximum absolute atomic E-state index is 10.2. The van der Waals surface area contributed by atoms with Crippen LogP contribution in [-0.2, 0) is 4.79 Å². The Kier molecular flexibility index (Phi) is 4.27. The number of hydrogen-bond acceptors (Lipinski definition) is 3. The van der Waals surface area contributed by atoms with Crippen LogP contribution >= 0.6 is 0 Å². The Morgan fingerprint density at radius 2 is 2.27 bits per heavy atom. The zero-order chi connectivity index (χ0) is 8.85. The van der Waals surface area contributed by atoms with Gasteiger partial charge in [0, 0.05) is 6.42 Å². The van der Waals surface area contributed by atoms with E-state index in [4.69, 9.17) is 15.9 Å². The second kappa shape index (κ2) is 4.72. The monoisotopic (exact) mass is 157 g/mol. The normalized spacial score (nSPS) is 14.5. The molecule has 0 aromatic carbocycles. The van der Waals surface area contributed by atoms with Crippen LogP contribution < -0.4 is 5.73 Å². The number of nitrogens with two attached hydrogens (primary N) is 1. The summed E-state index contributed by atoms with van der Waals surface area (Å²) in [4.78, 5) is 10.2. The Morgan fingerprint density at radius 1 is 1.73 bits per heavy atom. The molecular formula is C7H11NO3. The number of carboxylic acids is 1. The van der Waals surface area contributed by atoms with E-state index in [0.717, 1.165) is 0 Å². The lowest BCUT2D eigenvalue weighted by atomic mass is 10.1. The van der Waals surface area contributed by atoms with Crippen LogP contribution in [0.25, 0.3) is 0 Å². The maximum atomic E-state index is 10.2. The van der Waals surface area contributed by atoms with E-state index >= 15 is 0 Å². The van der Waals surface area contributed by atoms with Crippen LogP contribution in [0.15, 0.2) is 0 Å². The summed E-state index contributed by atoms with van der Waals surface area (Å²) in [5.41, 5.74) is 5.12. The van der Waals surface area contributed by atoms with Gasteiger partial charge in [-0.25, -0.2) is 0 Å². The van der Waals surface area contributed by atoms with E-state index in [1.54, 1.807) is 6.92 Å². The number of hydrogen-bond donors (Lipinski definition) is 3. The van der Waals surface area contributed by atoms with Gasteiger partial charge < -0.3 is 15.9 Å². The van der Waals surface area contributed by atoms with E-state index in [2.05, 4.69) is 11.8 Å². The molecule has 0 aromatic heterocycles. The van der Waals surface area contributed by atoms with Crippen molar-refractivity contribution >= 4 is 5.97 Å². The standard InChI is InChI=1S/C7H11NO3/c1-2-3-5(9)4-6(8)7(10)11/h5-6,9H,4,8H2,1H3,(H,10,11). The molecule has 0 spiro atoms. The lowest BCUT2D eigenvalue weighted by Gasteiger charge is -2.06. The van der Waals surface area contributed by atoms with Crippen molar-refractivity contribution in [1.29, 1.82) is 0 Å². The molecule has 0 saturated heterocycles. The van der Waals surface area contributed by atoms with E-state index < -0.39 is 18.1 Å². The molecule has 0 saturated carbocycles. The SMILES string of the molecule is CC#CC(O)CC(N)C(=O)O. The Morgan fingerprint density at radius 3 is 2.64 bits per heavy atom. The van der Waals surface area contributed by atoms with E-state index in [-0.39, 0.29) is 6.42 Å². The van der Waals surface area contributed by atoms with Gasteiger partial charge in [-0.1, -0.05) is 5.92 Å². The van der Waals surface area contributed by atoms with Gasteiger partial charge in [0.15, 0.2) is 0 Å². The smallest absolute Gasteiger partial charge is 0.320 e. The number of rotatable bonds is 3. The van der Waals surface area contributed by atoms with Gasteiger partial charge in [0.05, 0.1) is 0 Å². The maximum Gasteiger partial charge on any atom is 0.320 e. The quantitative estimate of drug-likeness (QED) is 0.467. The first-order valence-electron chi connectivity index (χ1n) is 3.16. The third kappa shape index (κ3) is 4.37. The molecule has 0 radical (unpaired) electrons. The molecule has 11 heavy (non-hydrogen) atoms. The highest BCUT2D eigenvalue weighted by Gasteiger charge is 2.14. The highest BCUT2D eigenvalue weighted by atomic mass is 16.4. The summed E-state index contributed by atoms with van der Waals surface area (Å²) in [5, 5.41) is 17.3. The Labute approximate surface area is 65.0 Å². The first-order valence-corrected chi connectivity index (χ1v) is 3.16. The molecule has 0 fully saturated rings. The third-order valence-electron chi connectivity index (χ3n) is 1.11. The molecule has 0 amide bonds. The van der Waals surface area contributed by atoms with E-state index in [0.29, 0.717) is 0 Å². The molecule has 0 aromatic rings. The van der Waals surface area contributed by atoms with E-state index in [9.17, 15) is 4.79 Å². The predicted octanol–water partition coefficient (Wildman–Crippen LogP) is -0.827. The topological polar surface area (TPSA) is 83.5 Å². The zero-order valence-corrected chi connectivity index (χ0v) is 6.24. The second-order valence-corrected chi connectivity index (χ2v) is 2.09. The number of aliphatic hydroxyl groups excluding tert-OH is 1. The zero-order valence-electron chi connectivity index (χ0n) is 6.24. The van der Waals surface area contributed by atoms with Crippen molar-refractivity contribution in [3.05, 3.63) is 0 Å². The molecule has 2 unspecified atom stereocenters. The van der Waals surface area contributed by atoms with Crippen molar-refractivity contribution in [1.82, 2.24) is 0 Å². The molecule has 2 atom stereocenters. The average Bonchev–Trinajstić information content (AvgIpc) is 1.87. The van der Waals surface area contributed by atoms with Gasteiger partial charge in [-0.2, -0.15) is 0 Å². The van der Waals surface area contributed by atoms with Gasteiger partial charge in [-0.3, -0.25) is 4.79 Å². The summed E-state index contributed by atoms with van der Waals surface area (Å²) in [6.45, 7) is 1.56. The first kappa shape index (κ1) is 9.95. The molecule has 0 aliphatic carbocycles. The van der Waals surface area contributed by atoms with E-state index in [1.807, 2.05) is 0 Å². The second-order valence-electron chi connectivity index (χ2n) is 2.09. The van der Waals surface area contributed by atoms with Crippen LogP contribution in [0.3, 0.4) is 0 Å². The fraction of sp³-hybridized carbons (Fsp3) is 0.571. The first-order chi connectivity index (χ1) is 5.07. The molecule has 0 aliphatic heterocycles. The van der Waals surface area contributed by atoms with Crippen molar-refractivity contribution < 1.29 is 15.0 Å². The van der Waals surface area contributed by atoms with Gasteiger partial charge in [-0.05, 0) is 6.92 Å².